The maximum absolute atomic E-state index is 12.7. The van der Waals surface area contributed by atoms with Crippen molar-refractivity contribution in [1.29, 1.82) is 0 Å². The van der Waals surface area contributed by atoms with Crippen molar-refractivity contribution in [3.8, 4) is 5.75 Å². The third-order valence-corrected chi connectivity index (χ3v) is 3.23. The zero-order chi connectivity index (χ0) is 14.0. The van der Waals surface area contributed by atoms with Crippen LogP contribution in [0.2, 0.25) is 0 Å². The zero-order valence-corrected chi connectivity index (χ0v) is 11.7. The summed E-state index contributed by atoms with van der Waals surface area (Å²) >= 11 is 0. The molecule has 2 N–H and O–H groups in total. The number of hydrogen-bond donors (Lipinski definition) is 1. The maximum atomic E-state index is 12.7. The molecule has 1 fully saturated rings. The lowest BCUT2D eigenvalue weighted by molar-refractivity contribution is -0.662. The fraction of sp³-hybridized carbons (Fsp3) is 0.600. The van der Waals surface area contributed by atoms with E-state index in [1.165, 1.54) is 25.0 Å². The van der Waals surface area contributed by atoms with Crippen molar-refractivity contribution in [2.45, 2.75) is 18.9 Å². The number of halogens is 1. The largest absolute Gasteiger partial charge is 0.491 e. The van der Waals surface area contributed by atoms with Gasteiger partial charge in [0.25, 0.3) is 0 Å². The van der Waals surface area contributed by atoms with E-state index in [2.05, 4.69) is 5.32 Å². The number of benzene rings is 1. The van der Waals surface area contributed by atoms with Crippen LogP contribution in [-0.2, 0) is 9.47 Å². The lowest BCUT2D eigenvalue weighted by Gasteiger charge is -2.09. The molecule has 112 valence electrons. The first-order valence-corrected chi connectivity index (χ1v) is 7.24. The van der Waals surface area contributed by atoms with Crippen molar-refractivity contribution in [3.05, 3.63) is 30.1 Å². The van der Waals surface area contributed by atoms with Crippen molar-refractivity contribution in [2.75, 3.05) is 39.5 Å². The van der Waals surface area contributed by atoms with E-state index in [9.17, 15) is 4.39 Å². The predicted molar refractivity (Wildman–Crippen MR) is 73.3 cm³/mol. The summed E-state index contributed by atoms with van der Waals surface area (Å²) < 4.78 is 29.1. The molecule has 0 radical (unpaired) electrons. The van der Waals surface area contributed by atoms with Crippen LogP contribution in [0.5, 0.6) is 5.75 Å². The van der Waals surface area contributed by atoms with Crippen LogP contribution < -0.4 is 10.1 Å². The van der Waals surface area contributed by atoms with E-state index in [4.69, 9.17) is 14.2 Å². The topological polar surface area (TPSA) is 44.3 Å². The van der Waals surface area contributed by atoms with Crippen LogP contribution in [0.15, 0.2) is 24.3 Å². The molecule has 0 saturated carbocycles. The van der Waals surface area contributed by atoms with Crippen LogP contribution in [0.25, 0.3) is 0 Å². The van der Waals surface area contributed by atoms with Gasteiger partial charge in [-0.05, 0) is 37.1 Å². The number of hydrogen-bond acceptors (Lipinski definition) is 3. The molecule has 0 amide bonds. The third-order valence-electron chi connectivity index (χ3n) is 3.23. The summed E-state index contributed by atoms with van der Waals surface area (Å²) in [6.07, 6.45) is 2.80. The van der Waals surface area contributed by atoms with Crippen molar-refractivity contribution in [2.24, 2.45) is 0 Å². The molecule has 1 aliphatic heterocycles. The minimum Gasteiger partial charge on any atom is -0.491 e. The minimum absolute atomic E-state index is 0.254. The summed E-state index contributed by atoms with van der Waals surface area (Å²) in [7, 11) is 0. The second-order valence-corrected chi connectivity index (χ2v) is 4.86. The van der Waals surface area contributed by atoms with Gasteiger partial charge in [0.2, 0.25) is 0 Å². The van der Waals surface area contributed by atoms with Gasteiger partial charge in [0, 0.05) is 6.61 Å². The Morgan fingerprint density at radius 1 is 1.20 bits per heavy atom. The Morgan fingerprint density at radius 2 is 2.05 bits per heavy atom. The standard InChI is InChI=1S/C15H22FNO3/c16-13-3-5-14(6-4-13)20-11-10-18-9-7-17-12-15-2-1-8-19-15/h3-6,15,17H,1-2,7-12H2/p+1/t15-/m1/s1. The molecule has 1 atom stereocenters. The Balaban J connectivity index is 1.40. The Bertz CT molecular complexity index is 366. The molecule has 0 unspecified atom stereocenters. The molecule has 1 aliphatic rings. The molecule has 1 aromatic carbocycles. The first-order valence-electron chi connectivity index (χ1n) is 7.24. The van der Waals surface area contributed by atoms with E-state index < -0.39 is 0 Å². The Labute approximate surface area is 119 Å². The molecule has 20 heavy (non-hydrogen) atoms. The van der Waals surface area contributed by atoms with Crippen molar-refractivity contribution >= 4 is 0 Å². The SMILES string of the molecule is Fc1ccc(OCCOCC[NH2+]C[C@H]2CCCO2)cc1. The second-order valence-electron chi connectivity index (χ2n) is 4.86. The fourth-order valence-corrected chi connectivity index (χ4v) is 2.15. The van der Waals surface area contributed by atoms with E-state index in [0.29, 0.717) is 31.7 Å². The van der Waals surface area contributed by atoms with Gasteiger partial charge in [0.15, 0.2) is 0 Å². The van der Waals surface area contributed by atoms with Crippen molar-refractivity contribution in [1.82, 2.24) is 0 Å². The maximum Gasteiger partial charge on any atom is 0.123 e. The lowest BCUT2D eigenvalue weighted by atomic mass is 10.2. The highest BCUT2D eigenvalue weighted by Crippen LogP contribution is 2.10. The van der Waals surface area contributed by atoms with Gasteiger partial charge in [-0.2, -0.15) is 0 Å². The Hall–Kier alpha value is -1.17. The summed E-state index contributed by atoms with van der Waals surface area (Å²) in [5.41, 5.74) is 0. The summed E-state index contributed by atoms with van der Waals surface area (Å²) in [6.45, 7) is 4.61. The summed E-state index contributed by atoms with van der Waals surface area (Å²) in [6, 6.07) is 6.00. The molecule has 0 aromatic heterocycles. The Morgan fingerprint density at radius 3 is 2.80 bits per heavy atom. The zero-order valence-electron chi connectivity index (χ0n) is 11.7. The number of nitrogens with two attached hydrogens (primary N) is 1. The first kappa shape index (κ1) is 15.2. The number of quaternary nitrogens is 1. The average molecular weight is 284 g/mol. The van der Waals surface area contributed by atoms with E-state index in [0.717, 1.165) is 19.7 Å². The number of rotatable bonds is 9. The highest BCUT2D eigenvalue weighted by molar-refractivity contribution is 5.21. The molecule has 0 aliphatic carbocycles. The smallest absolute Gasteiger partial charge is 0.123 e. The summed E-state index contributed by atoms with van der Waals surface area (Å²) in [4.78, 5) is 0. The van der Waals surface area contributed by atoms with Crippen LogP contribution in [0.1, 0.15) is 12.8 Å². The van der Waals surface area contributed by atoms with Crippen LogP contribution in [0.4, 0.5) is 4.39 Å². The predicted octanol–water partition coefficient (Wildman–Crippen LogP) is 0.964. The third kappa shape index (κ3) is 5.86. The quantitative estimate of drug-likeness (QED) is 0.687. The van der Waals surface area contributed by atoms with Crippen LogP contribution in [0.3, 0.4) is 0 Å². The monoisotopic (exact) mass is 284 g/mol. The first-order chi connectivity index (χ1) is 9.84. The summed E-state index contributed by atoms with van der Waals surface area (Å²) in [5.74, 6) is 0.412. The normalized spacial score (nSPS) is 18.4. The van der Waals surface area contributed by atoms with Gasteiger partial charge in [-0.3, -0.25) is 0 Å². The van der Waals surface area contributed by atoms with Crippen molar-refractivity contribution in [3.63, 3.8) is 0 Å². The molecule has 2 rings (SSSR count). The number of ether oxygens (including phenoxy) is 3. The highest BCUT2D eigenvalue weighted by atomic mass is 19.1. The molecular weight excluding hydrogens is 261 g/mol. The minimum atomic E-state index is -0.254. The highest BCUT2D eigenvalue weighted by Gasteiger charge is 2.16. The van der Waals surface area contributed by atoms with E-state index >= 15 is 0 Å². The molecule has 4 nitrogen and oxygen atoms in total. The van der Waals surface area contributed by atoms with Crippen LogP contribution in [0, 0.1) is 5.82 Å². The van der Waals surface area contributed by atoms with Crippen LogP contribution in [-0.4, -0.2) is 45.6 Å². The van der Waals surface area contributed by atoms with Gasteiger partial charge in [0.1, 0.15) is 30.8 Å². The molecular formula is C15H23FNO3+. The average Bonchev–Trinajstić information content (AvgIpc) is 2.97. The lowest BCUT2D eigenvalue weighted by Crippen LogP contribution is -2.87. The fourth-order valence-electron chi connectivity index (χ4n) is 2.15. The summed E-state index contributed by atoms with van der Waals surface area (Å²) in [5, 5.41) is 2.23. The molecule has 1 heterocycles. The van der Waals surface area contributed by atoms with Gasteiger partial charge < -0.3 is 19.5 Å². The molecule has 1 saturated heterocycles. The van der Waals surface area contributed by atoms with E-state index in [1.807, 2.05) is 0 Å². The van der Waals surface area contributed by atoms with E-state index in [1.54, 1.807) is 12.1 Å². The van der Waals surface area contributed by atoms with E-state index in [-0.39, 0.29) is 5.82 Å². The van der Waals surface area contributed by atoms with Crippen molar-refractivity contribution < 1.29 is 23.9 Å². The van der Waals surface area contributed by atoms with Gasteiger partial charge >= 0.3 is 0 Å². The van der Waals surface area contributed by atoms with Crippen LogP contribution >= 0.6 is 0 Å². The molecule has 1 aromatic rings. The van der Waals surface area contributed by atoms with Gasteiger partial charge in [-0.25, -0.2) is 4.39 Å². The second kappa shape index (κ2) is 8.89. The molecule has 0 spiro atoms. The Kier molecular flexibility index (Phi) is 6.77. The molecule has 5 heteroatoms. The molecule has 0 bridgehead atoms. The van der Waals surface area contributed by atoms with Gasteiger partial charge in [0.05, 0.1) is 19.8 Å². The van der Waals surface area contributed by atoms with Gasteiger partial charge in [-0.1, -0.05) is 0 Å². The van der Waals surface area contributed by atoms with Gasteiger partial charge in [-0.15, -0.1) is 0 Å².